The van der Waals surface area contributed by atoms with Gasteiger partial charge in [-0.05, 0) is 71.1 Å². The van der Waals surface area contributed by atoms with Crippen LogP contribution in [0, 0.1) is 5.92 Å². The first kappa shape index (κ1) is 14.5. The van der Waals surface area contributed by atoms with Crippen LogP contribution in [0.5, 0.6) is 0 Å². The summed E-state index contributed by atoms with van der Waals surface area (Å²) in [6, 6.07) is 0. The molecule has 0 radical (unpaired) electrons. The van der Waals surface area contributed by atoms with Crippen LogP contribution < -0.4 is 0 Å². The smallest absolute Gasteiger partial charge is 0.0651 e. The highest BCUT2D eigenvalue weighted by Crippen LogP contribution is 2.37. The van der Waals surface area contributed by atoms with E-state index in [9.17, 15) is 5.11 Å². The lowest BCUT2D eigenvalue weighted by atomic mass is 9.74. The van der Waals surface area contributed by atoms with Crippen molar-refractivity contribution in [2.24, 2.45) is 5.92 Å². The van der Waals surface area contributed by atoms with Crippen molar-refractivity contribution >= 4 is 0 Å². The van der Waals surface area contributed by atoms with Crippen LogP contribution in [0.15, 0.2) is 24.3 Å². The maximum absolute atomic E-state index is 10.5. The molecule has 1 N–H and O–H groups in total. The van der Waals surface area contributed by atoms with Gasteiger partial charge < -0.3 is 5.11 Å². The fourth-order valence-electron chi connectivity index (χ4n) is 2.65. The van der Waals surface area contributed by atoms with E-state index in [1.807, 2.05) is 6.92 Å². The Kier molecular flexibility index (Phi) is 5.45. The quantitative estimate of drug-likeness (QED) is 0.667. The Hall–Kier alpha value is -0.560. The number of allylic oxidation sites excluding steroid dienone is 2. The SMILES string of the molecule is C=C(C)CCC1CCC(O)(CCC(=C)C)CC1. The first-order chi connectivity index (χ1) is 7.91. The van der Waals surface area contributed by atoms with Crippen LogP contribution in [0.4, 0.5) is 0 Å². The molecule has 1 saturated carbocycles. The van der Waals surface area contributed by atoms with Gasteiger partial charge in [0.15, 0.2) is 0 Å². The molecule has 0 aliphatic heterocycles. The summed E-state index contributed by atoms with van der Waals surface area (Å²) in [5.74, 6) is 0.803. The Balaban J connectivity index is 2.28. The van der Waals surface area contributed by atoms with Gasteiger partial charge in [0.1, 0.15) is 0 Å². The third-order valence-corrected chi connectivity index (χ3v) is 4.03. The molecule has 0 amide bonds. The van der Waals surface area contributed by atoms with Gasteiger partial charge in [0.05, 0.1) is 5.60 Å². The van der Waals surface area contributed by atoms with Crippen LogP contribution >= 0.6 is 0 Å². The van der Waals surface area contributed by atoms with Gasteiger partial charge in [0, 0.05) is 0 Å². The van der Waals surface area contributed by atoms with E-state index in [0.717, 1.165) is 38.0 Å². The number of aliphatic hydroxyl groups is 1. The number of hydrogen-bond donors (Lipinski definition) is 1. The van der Waals surface area contributed by atoms with Crippen molar-refractivity contribution in [3.63, 3.8) is 0 Å². The second-order valence-corrected chi connectivity index (χ2v) is 6.12. The molecule has 1 nitrogen and oxygen atoms in total. The lowest BCUT2D eigenvalue weighted by molar-refractivity contribution is -0.0170. The molecule has 0 aromatic rings. The highest BCUT2D eigenvalue weighted by Gasteiger charge is 2.32. The minimum Gasteiger partial charge on any atom is -0.390 e. The van der Waals surface area contributed by atoms with Crippen LogP contribution in [0.1, 0.15) is 65.2 Å². The summed E-state index contributed by atoms with van der Waals surface area (Å²) in [6.45, 7) is 12.0. The van der Waals surface area contributed by atoms with E-state index in [1.165, 1.54) is 30.4 Å². The lowest BCUT2D eigenvalue weighted by Crippen LogP contribution is -2.34. The van der Waals surface area contributed by atoms with Crippen molar-refractivity contribution in [2.75, 3.05) is 0 Å². The normalized spacial score (nSPS) is 29.0. The van der Waals surface area contributed by atoms with E-state index in [4.69, 9.17) is 0 Å². The summed E-state index contributed by atoms with van der Waals surface area (Å²) in [6.07, 6.45) is 8.57. The third kappa shape index (κ3) is 5.54. The molecule has 1 heteroatoms. The third-order valence-electron chi connectivity index (χ3n) is 4.03. The minimum atomic E-state index is -0.404. The predicted molar refractivity (Wildman–Crippen MR) is 75.0 cm³/mol. The maximum atomic E-state index is 10.5. The van der Waals surface area contributed by atoms with E-state index in [1.54, 1.807) is 0 Å². The van der Waals surface area contributed by atoms with E-state index < -0.39 is 5.60 Å². The van der Waals surface area contributed by atoms with Gasteiger partial charge in [-0.25, -0.2) is 0 Å². The molecule has 0 unspecified atom stereocenters. The van der Waals surface area contributed by atoms with Gasteiger partial charge in [-0.3, -0.25) is 0 Å². The summed E-state index contributed by atoms with van der Waals surface area (Å²) in [5, 5.41) is 10.5. The van der Waals surface area contributed by atoms with Crippen molar-refractivity contribution in [3.05, 3.63) is 24.3 Å². The Bertz CT molecular complexity index is 269. The topological polar surface area (TPSA) is 20.2 Å². The summed E-state index contributed by atoms with van der Waals surface area (Å²) in [5.41, 5.74) is 2.06. The van der Waals surface area contributed by atoms with Crippen LogP contribution in [0.3, 0.4) is 0 Å². The van der Waals surface area contributed by atoms with Crippen molar-refractivity contribution in [1.82, 2.24) is 0 Å². The Morgan fingerprint density at radius 1 is 1.12 bits per heavy atom. The zero-order valence-corrected chi connectivity index (χ0v) is 11.6. The summed E-state index contributed by atoms with van der Waals surface area (Å²) in [7, 11) is 0. The highest BCUT2D eigenvalue weighted by molar-refractivity contribution is 4.95. The molecule has 1 fully saturated rings. The average Bonchev–Trinajstić information content (AvgIpc) is 2.26. The van der Waals surface area contributed by atoms with Gasteiger partial charge in [-0.1, -0.05) is 11.1 Å². The Morgan fingerprint density at radius 3 is 2.12 bits per heavy atom. The van der Waals surface area contributed by atoms with Crippen LogP contribution in [-0.4, -0.2) is 10.7 Å². The highest BCUT2D eigenvalue weighted by atomic mass is 16.3. The van der Waals surface area contributed by atoms with E-state index in [-0.39, 0.29) is 0 Å². The zero-order valence-electron chi connectivity index (χ0n) is 11.6. The van der Waals surface area contributed by atoms with Gasteiger partial charge >= 0.3 is 0 Å². The molecular weight excluding hydrogens is 208 g/mol. The first-order valence-corrected chi connectivity index (χ1v) is 6.92. The minimum absolute atomic E-state index is 0.404. The molecule has 0 aromatic carbocycles. The fraction of sp³-hybridized carbons (Fsp3) is 0.750. The molecule has 1 aliphatic rings. The molecule has 1 aliphatic carbocycles. The molecular formula is C16H28O. The predicted octanol–water partition coefficient (Wildman–Crippen LogP) is 4.62. The monoisotopic (exact) mass is 236 g/mol. The Labute approximate surface area is 107 Å². The molecule has 1 rings (SSSR count). The molecule has 0 aromatic heterocycles. The van der Waals surface area contributed by atoms with Crippen molar-refractivity contribution in [2.45, 2.75) is 70.8 Å². The van der Waals surface area contributed by atoms with Gasteiger partial charge in [-0.15, -0.1) is 13.2 Å². The average molecular weight is 236 g/mol. The first-order valence-electron chi connectivity index (χ1n) is 6.92. The summed E-state index contributed by atoms with van der Waals surface area (Å²) >= 11 is 0. The van der Waals surface area contributed by atoms with Gasteiger partial charge in [-0.2, -0.15) is 0 Å². The van der Waals surface area contributed by atoms with E-state index in [0.29, 0.717) is 0 Å². The largest absolute Gasteiger partial charge is 0.390 e. The fourth-order valence-corrected chi connectivity index (χ4v) is 2.65. The zero-order chi connectivity index (χ0) is 12.9. The van der Waals surface area contributed by atoms with Crippen LogP contribution in [-0.2, 0) is 0 Å². The number of rotatable bonds is 6. The second kappa shape index (κ2) is 6.39. The molecule has 17 heavy (non-hydrogen) atoms. The van der Waals surface area contributed by atoms with Gasteiger partial charge in [0.2, 0.25) is 0 Å². The van der Waals surface area contributed by atoms with Gasteiger partial charge in [0.25, 0.3) is 0 Å². The molecule has 0 atom stereocenters. The van der Waals surface area contributed by atoms with Crippen LogP contribution in [0.2, 0.25) is 0 Å². The lowest BCUT2D eigenvalue weighted by Gasteiger charge is -2.36. The molecule has 0 spiro atoms. The van der Waals surface area contributed by atoms with Crippen molar-refractivity contribution in [3.8, 4) is 0 Å². The van der Waals surface area contributed by atoms with Crippen molar-refractivity contribution < 1.29 is 5.11 Å². The molecule has 98 valence electrons. The second-order valence-electron chi connectivity index (χ2n) is 6.12. The molecule has 0 heterocycles. The van der Waals surface area contributed by atoms with Crippen LogP contribution in [0.25, 0.3) is 0 Å². The number of hydrogen-bond acceptors (Lipinski definition) is 1. The molecule has 0 bridgehead atoms. The summed E-state index contributed by atoms with van der Waals surface area (Å²) in [4.78, 5) is 0. The Morgan fingerprint density at radius 2 is 1.65 bits per heavy atom. The summed E-state index contributed by atoms with van der Waals surface area (Å²) < 4.78 is 0. The standard InChI is InChI=1S/C16H28O/c1-13(2)5-6-15-8-11-16(17,12-9-15)10-7-14(3)4/h15,17H,1,3,5-12H2,2,4H3. The van der Waals surface area contributed by atoms with E-state index >= 15 is 0 Å². The molecule has 0 saturated heterocycles. The van der Waals surface area contributed by atoms with Crippen molar-refractivity contribution in [1.29, 1.82) is 0 Å². The van der Waals surface area contributed by atoms with E-state index in [2.05, 4.69) is 20.1 Å². The maximum Gasteiger partial charge on any atom is 0.0651 e.